The van der Waals surface area contributed by atoms with Crippen LogP contribution in [-0.2, 0) is 16.1 Å². The summed E-state index contributed by atoms with van der Waals surface area (Å²) in [6.45, 7) is 0.0183. The number of carbonyl (C=O) groups excluding carboxylic acids is 1. The Labute approximate surface area is 143 Å². The zero-order chi connectivity index (χ0) is 17.5. The quantitative estimate of drug-likeness (QED) is 0.827. The second kappa shape index (κ2) is 8.31. The molecule has 0 fully saturated rings. The Morgan fingerprint density at radius 3 is 2.58 bits per heavy atom. The van der Waals surface area contributed by atoms with Crippen LogP contribution in [0.4, 0.5) is 9.18 Å². The van der Waals surface area contributed by atoms with E-state index in [4.69, 9.17) is 21.4 Å². The third kappa shape index (κ3) is 5.24. The van der Waals surface area contributed by atoms with Gasteiger partial charge in [0.1, 0.15) is 12.4 Å². The van der Waals surface area contributed by atoms with Crippen LogP contribution in [0.5, 0.6) is 0 Å². The molecule has 2 aromatic rings. The second-order valence-corrected chi connectivity index (χ2v) is 5.46. The van der Waals surface area contributed by atoms with Crippen molar-refractivity contribution in [2.75, 3.05) is 0 Å². The summed E-state index contributed by atoms with van der Waals surface area (Å²) < 4.78 is 19.0. The van der Waals surface area contributed by atoms with E-state index in [2.05, 4.69) is 5.32 Å². The van der Waals surface area contributed by atoms with Gasteiger partial charge in [-0.15, -0.1) is 0 Å². The molecule has 0 bridgehead atoms. The molecule has 0 saturated carbocycles. The Hall–Kier alpha value is -2.60. The Balaban J connectivity index is 2.06. The number of alkyl carbamates (subject to hydrolysis) is 1. The standard InChI is InChI=1S/C17H15ClFNO4/c18-12-6-7-14(19)13(8-12)15(9-16(21)22)20-17(23)24-10-11-4-2-1-3-5-11/h1-8,15H,9-10H2,(H,20,23)(H,21,22)/t15-/m0/s1. The minimum atomic E-state index is -1.19. The van der Waals surface area contributed by atoms with Gasteiger partial charge in [-0.1, -0.05) is 41.9 Å². The topological polar surface area (TPSA) is 75.6 Å². The Morgan fingerprint density at radius 2 is 1.92 bits per heavy atom. The van der Waals surface area contributed by atoms with Gasteiger partial charge in [-0.3, -0.25) is 4.79 Å². The van der Waals surface area contributed by atoms with Crippen LogP contribution in [0.25, 0.3) is 0 Å². The summed E-state index contributed by atoms with van der Waals surface area (Å²) in [6.07, 6.45) is -1.35. The van der Waals surface area contributed by atoms with E-state index in [1.165, 1.54) is 12.1 Å². The number of rotatable bonds is 6. The molecular weight excluding hydrogens is 337 g/mol. The maximum atomic E-state index is 13.9. The molecule has 2 aromatic carbocycles. The Kier molecular flexibility index (Phi) is 6.14. The maximum Gasteiger partial charge on any atom is 0.407 e. The number of aliphatic carboxylic acids is 1. The molecule has 0 aromatic heterocycles. The number of carboxylic acid groups (broad SMARTS) is 1. The maximum absolute atomic E-state index is 13.9. The van der Waals surface area contributed by atoms with Crippen molar-refractivity contribution in [3.05, 3.63) is 70.5 Å². The fourth-order valence-corrected chi connectivity index (χ4v) is 2.28. The largest absolute Gasteiger partial charge is 0.481 e. The molecule has 0 spiro atoms. The summed E-state index contributed by atoms with van der Waals surface area (Å²) in [5.41, 5.74) is 0.762. The summed E-state index contributed by atoms with van der Waals surface area (Å²) >= 11 is 5.82. The van der Waals surface area contributed by atoms with Gasteiger partial charge in [-0.2, -0.15) is 0 Å². The van der Waals surface area contributed by atoms with Crippen LogP contribution < -0.4 is 5.32 Å². The smallest absolute Gasteiger partial charge is 0.407 e. The molecule has 2 rings (SSSR count). The van der Waals surface area contributed by atoms with Gasteiger partial charge in [-0.05, 0) is 23.8 Å². The number of nitrogens with one attached hydrogen (secondary N) is 1. The van der Waals surface area contributed by atoms with Crippen molar-refractivity contribution in [1.29, 1.82) is 0 Å². The van der Waals surface area contributed by atoms with E-state index < -0.39 is 30.3 Å². The second-order valence-electron chi connectivity index (χ2n) is 5.02. The minimum absolute atomic E-state index is 0.0124. The number of hydrogen-bond donors (Lipinski definition) is 2. The summed E-state index contributed by atoms with van der Waals surface area (Å²) in [4.78, 5) is 22.9. The lowest BCUT2D eigenvalue weighted by Gasteiger charge is -2.18. The number of ether oxygens (including phenoxy) is 1. The first-order valence-corrected chi connectivity index (χ1v) is 7.47. The number of hydrogen-bond acceptors (Lipinski definition) is 3. The molecule has 0 aliphatic heterocycles. The van der Waals surface area contributed by atoms with Gasteiger partial charge in [-0.25, -0.2) is 9.18 Å². The van der Waals surface area contributed by atoms with Crippen LogP contribution >= 0.6 is 11.6 Å². The fraction of sp³-hybridized carbons (Fsp3) is 0.176. The van der Waals surface area contributed by atoms with E-state index in [0.717, 1.165) is 11.6 Å². The van der Waals surface area contributed by atoms with Crippen LogP contribution in [0.2, 0.25) is 5.02 Å². The normalized spacial score (nSPS) is 11.6. The van der Waals surface area contributed by atoms with Crippen LogP contribution in [0.3, 0.4) is 0 Å². The first-order valence-electron chi connectivity index (χ1n) is 7.09. The molecule has 0 radical (unpaired) electrons. The molecule has 126 valence electrons. The summed E-state index contributed by atoms with van der Waals surface area (Å²) in [6, 6.07) is 11.6. The third-order valence-corrected chi connectivity index (χ3v) is 3.45. The van der Waals surface area contributed by atoms with Gasteiger partial charge in [0.15, 0.2) is 0 Å². The van der Waals surface area contributed by atoms with E-state index in [1.54, 1.807) is 24.3 Å². The van der Waals surface area contributed by atoms with Crippen molar-refractivity contribution in [2.24, 2.45) is 0 Å². The fourth-order valence-electron chi connectivity index (χ4n) is 2.10. The van der Waals surface area contributed by atoms with Crippen LogP contribution in [0, 0.1) is 5.82 Å². The van der Waals surface area contributed by atoms with Crippen LogP contribution in [0.1, 0.15) is 23.6 Å². The van der Waals surface area contributed by atoms with Gasteiger partial charge in [0.25, 0.3) is 0 Å². The molecular formula is C17H15ClFNO4. The van der Waals surface area contributed by atoms with Crippen molar-refractivity contribution in [1.82, 2.24) is 5.32 Å². The minimum Gasteiger partial charge on any atom is -0.481 e. The monoisotopic (exact) mass is 351 g/mol. The first kappa shape index (κ1) is 17.7. The lowest BCUT2D eigenvalue weighted by atomic mass is 10.0. The van der Waals surface area contributed by atoms with E-state index >= 15 is 0 Å². The predicted molar refractivity (Wildman–Crippen MR) is 86.2 cm³/mol. The number of benzene rings is 2. The van der Waals surface area contributed by atoms with Gasteiger partial charge in [0.05, 0.1) is 12.5 Å². The molecule has 0 unspecified atom stereocenters. The Bertz CT molecular complexity index is 724. The highest BCUT2D eigenvalue weighted by atomic mass is 35.5. The zero-order valence-electron chi connectivity index (χ0n) is 12.5. The van der Waals surface area contributed by atoms with Crippen molar-refractivity contribution >= 4 is 23.7 Å². The highest BCUT2D eigenvalue weighted by Gasteiger charge is 2.22. The number of carboxylic acids is 1. The van der Waals surface area contributed by atoms with Gasteiger partial charge >= 0.3 is 12.1 Å². The molecule has 2 N–H and O–H groups in total. The number of amides is 1. The lowest BCUT2D eigenvalue weighted by molar-refractivity contribution is -0.137. The number of halogens is 2. The highest BCUT2D eigenvalue weighted by Crippen LogP contribution is 2.24. The molecule has 7 heteroatoms. The third-order valence-electron chi connectivity index (χ3n) is 3.22. The average molecular weight is 352 g/mol. The highest BCUT2D eigenvalue weighted by molar-refractivity contribution is 6.30. The zero-order valence-corrected chi connectivity index (χ0v) is 13.3. The van der Waals surface area contributed by atoms with Crippen molar-refractivity contribution < 1.29 is 23.8 Å². The summed E-state index contributed by atoms with van der Waals surface area (Å²) in [5.74, 6) is -1.85. The molecule has 24 heavy (non-hydrogen) atoms. The molecule has 0 heterocycles. The number of carbonyl (C=O) groups is 2. The molecule has 0 aliphatic carbocycles. The average Bonchev–Trinajstić information content (AvgIpc) is 2.55. The van der Waals surface area contributed by atoms with E-state index in [-0.39, 0.29) is 17.2 Å². The van der Waals surface area contributed by atoms with Crippen LogP contribution in [-0.4, -0.2) is 17.2 Å². The molecule has 1 amide bonds. The summed E-state index contributed by atoms with van der Waals surface area (Å²) in [5, 5.41) is 11.6. The van der Waals surface area contributed by atoms with E-state index in [9.17, 15) is 14.0 Å². The van der Waals surface area contributed by atoms with Gasteiger partial charge in [0.2, 0.25) is 0 Å². The SMILES string of the molecule is O=C(O)C[C@H](NC(=O)OCc1ccccc1)c1cc(Cl)ccc1F. The van der Waals surface area contributed by atoms with Crippen molar-refractivity contribution in [3.8, 4) is 0 Å². The Morgan fingerprint density at radius 1 is 1.21 bits per heavy atom. The van der Waals surface area contributed by atoms with E-state index in [1.807, 2.05) is 6.07 Å². The molecule has 1 atom stereocenters. The van der Waals surface area contributed by atoms with E-state index in [0.29, 0.717) is 0 Å². The van der Waals surface area contributed by atoms with Crippen molar-refractivity contribution in [3.63, 3.8) is 0 Å². The van der Waals surface area contributed by atoms with Crippen molar-refractivity contribution in [2.45, 2.75) is 19.1 Å². The molecule has 0 aliphatic rings. The molecule has 5 nitrogen and oxygen atoms in total. The summed E-state index contributed by atoms with van der Waals surface area (Å²) in [7, 11) is 0. The molecule has 0 saturated heterocycles. The first-order chi connectivity index (χ1) is 11.5. The van der Waals surface area contributed by atoms with Crippen LogP contribution in [0.15, 0.2) is 48.5 Å². The van der Waals surface area contributed by atoms with Gasteiger partial charge in [0, 0.05) is 10.6 Å². The lowest BCUT2D eigenvalue weighted by Crippen LogP contribution is -2.31. The predicted octanol–water partition coefficient (Wildman–Crippen LogP) is 3.92. The van der Waals surface area contributed by atoms with Gasteiger partial charge < -0.3 is 15.2 Å².